The van der Waals surface area contributed by atoms with E-state index in [1.807, 2.05) is 31.2 Å². The zero-order valence-corrected chi connectivity index (χ0v) is 17.8. The van der Waals surface area contributed by atoms with Gasteiger partial charge in [-0.2, -0.15) is 0 Å². The van der Waals surface area contributed by atoms with E-state index in [-0.39, 0.29) is 5.02 Å². The number of hydrogen-bond acceptors (Lipinski definition) is 3. The summed E-state index contributed by atoms with van der Waals surface area (Å²) in [6.45, 7) is 3.71. The van der Waals surface area contributed by atoms with Crippen LogP contribution in [0.2, 0.25) is 5.02 Å². The molecular weight excluding hydrogens is 413 g/mol. The highest BCUT2D eigenvalue weighted by Crippen LogP contribution is 2.35. The van der Waals surface area contributed by atoms with Gasteiger partial charge in [0.1, 0.15) is 16.5 Å². The summed E-state index contributed by atoms with van der Waals surface area (Å²) in [7, 11) is -2.72. The fourth-order valence-electron chi connectivity index (χ4n) is 3.06. The summed E-state index contributed by atoms with van der Waals surface area (Å²) >= 11 is 5.96. The van der Waals surface area contributed by atoms with E-state index in [2.05, 4.69) is 0 Å². The Labute approximate surface area is 175 Å². The van der Waals surface area contributed by atoms with Gasteiger partial charge in [0.2, 0.25) is 0 Å². The topological polar surface area (TPSA) is 46.6 Å². The fraction of sp³-hybridized carbons (Fsp3) is 0.182. The van der Waals surface area contributed by atoms with Crippen LogP contribution in [-0.4, -0.2) is 15.5 Å². The molecule has 0 spiro atoms. The van der Waals surface area contributed by atoms with E-state index < -0.39 is 26.8 Å². The van der Waals surface area contributed by atoms with Crippen LogP contribution in [0.4, 0.5) is 10.1 Å². The predicted molar refractivity (Wildman–Crippen MR) is 114 cm³/mol. The SMILES string of the molecule is COc1ccc(N(C(C)c2ccc(C)cc2)S(=O)(=O)c2cc(Cl)ccc2F)cc1. The largest absolute Gasteiger partial charge is 0.497 e. The van der Waals surface area contributed by atoms with Crippen molar-refractivity contribution in [3.8, 4) is 5.75 Å². The highest BCUT2D eigenvalue weighted by Gasteiger charge is 2.32. The van der Waals surface area contributed by atoms with E-state index in [0.29, 0.717) is 11.4 Å². The van der Waals surface area contributed by atoms with E-state index in [4.69, 9.17) is 16.3 Å². The number of nitrogens with zero attached hydrogens (tertiary/aromatic N) is 1. The van der Waals surface area contributed by atoms with Crippen molar-refractivity contribution >= 4 is 27.3 Å². The summed E-state index contributed by atoms with van der Waals surface area (Å²) in [5, 5.41) is 0.141. The molecule has 0 aliphatic heterocycles. The first kappa shape index (κ1) is 21.1. The molecule has 0 bridgehead atoms. The van der Waals surface area contributed by atoms with Crippen LogP contribution in [-0.2, 0) is 10.0 Å². The van der Waals surface area contributed by atoms with Crippen LogP contribution in [0.5, 0.6) is 5.75 Å². The quantitative estimate of drug-likeness (QED) is 0.497. The molecule has 1 unspecified atom stereocenters. The molecule has 4 nitrogen and oxygen atoms in total. The molecule has 7 heteroatoms. The van der Waals surface area contributed by atoms with Gasteiger partial charge in [0.25, 0.3) is 10.0 Å². The Morgan fingerprint density at radius 2 is 1.62 bits per heavy atom. The van der Waals surface area contributed by atoms with Gasteiger partial charge in [0.15, 0.2) is 0 Å². The van der Waals surface area contributed by atoms with Crippen LogP contribution in [0.1, 0.15) is 24.1 Å². The number of ether oxygens (including phenoxy) is 1. The summed E-state index contributed by atoms with van der Waals surface area (Å²) in [6, 6.07) is 17.0. The van der Waals surface area contributed by atoms with Crippen molar-refractivity contribution in [3.05, 3.63) is 88.7 Å². The molecule has 0 saturated heterocycles. The molecule has 0 amide bonds. The number of anilines is 1. The first-order valence-corrected chi connectivity index (χ1v) is 10.8. The van der Waals surface area contributed by atoms with E-state index in [1.165, 1.54) is 17.5 Å². The molecule has 0 N–H and O–H groups in total. The van der Waals surface area contributed by atoms with Gasteiger partial charge in [-0.3, -0.25) is 4.31 Å². The van der Waals surface area contributed by atoms with Gasteiger partial charge in [-0.05, 0) is 61.9 Å². The Balaban J connectivity index is 2.18. The highest BCUT2D eigenvalue weighted by atomic mass is 35.5. The van der Waals surface area contributed by atoms with Crippen LogP contribution >= 0.6 is 11.6 Å². The minimum absolute atomic E-state index is 0.141. The van der Waals surface area contributed by atoms with Crippen LogP contribution in [0.3, 0.4) is 0 Å². The summed E-state index contributed by atoms with van der Waals surface area (Å²) in [4.78, 5) is -0.472. The molecule has 0 aliphatic rings. The monoisotopic (exact) mass is 433 g/mol. The molecule has 3 aromatic rings. The molecule has 0 heterocycles. The van der Waals surface area contributed by atoms with Crippen molar-refractivity contribution in [2.45, 2.75) is 24.8 Å². The molecule has 3 rings (SSSR count). The Hall–Kier alpha value is -2.57. The molecule has 0 radical (unpaired) electrons. The zero-order valence-electron chi connectivity index (χ0n) is 16.3. The van der Waals surface area contributed by atoms with Gasteiger partial charge in [0, 0.05) is 5.02 Å². The molecule has 1 atom stereocenters. The second-order valence-electron chi connectivity index (χ2n) is 6.66. The van der Waals surface area contributed by atoms with Gasteiger partial charge in [-0.1, -0.05) is 41.4 Å². The van der Waals surface area contributed by atoms with Gasteiger partial charge in [0.05, 0.1) is 18.8 Å². The maximum absolute atomic E-state index is 14.5. The predicted octanol–water partition coefficient (Wildman–Crippen LogP) is 5.75. The minimum Gasteiger partial charge on any atom is -0.497 e. The van der Waals surface area contributed by atoms with Crippen LogP contribution < -0.4 is 9.04 Å². The first-order chi connectivity index (χ1) is 13.7. The second kappa shape index (κ2) is 8.43. The minimum atomic E-state index is -4.25. The molecule has 0 aromatic heterocycles. The van der Waals surface area contributed by atoms with Crippen molar-refractivity contribution in [1.82, 2.24) is 0 Å². The van der Waals surface area contributed by atoms with Gasteiger partial charge >= 0.3 is 0 Å². The maximum Gasteiger partial charge on any atom is 0.267 e. The van der Waals surface area contributed by atoms with Crippen molar-refractivity contribution in [1.29, 1.82) is 0 Å². The van der Waals surface area contributed by atoms with Gasteiger partial charge in [-0.15, -0.1) is 0 Å². The van der Waals surface area contributed by atoms with Gasteiger partial charge in [-0.25, -0.2) is 12.8 Å². The lowest BCUT2D eigenvalue weighted by Gasteiger charge is -2.31. The molecule has 0 fully saturated rings. The Morgan fingerprint density at radius 1 is 1.00 bits per heavy atom. The summed E-state index contributed by atoms with van der Waals surface area (Å²) in [6.07, 6.45) is 0. The summed E-state index contributed by atoms with van der Waals surface area (Å²) in [5.74, 6) is -0.271. The number of aryl methyl sites for hydroxylation is 1. The lowest BCUT2D eigenvalue weighted by molar-refractivity contribution is 0.415. The number of rotatable bonds is 6. The molecule has 0 aliphatic carbocycles. The van der Waals surface area contributed by atoms with E-state index in [1.54, 1.807) is 31.2 Å². The zero-order chi connectivity index (χ0) is 21.2. The van der Waals surface area contributed by atoms with Crippen LogP contribution in [0.15, 0.2) is 71.6 Å². The van der Waals surface area contributed by atoms with Crippen molar-refractivity contribution < 1.29 is 17.5 Å². The summed E-state index contributed by atoms with van der Waals surface area (Å²) in [5.41, 5.74) is 2.22. The molecule has 152 valence electrons. The standard InChI is InChI=1S/C22H21ClFNO3S/c1-15-4-6-17(7-5-15)16(2)25(19-9-11-20(28-3)12-10-19)29(26,27)22-14-18(23)8-13-21(22)24/h4-14,16H,1-3H3. The number of hydrogen-bond donors (Lipinski definition) is 0. The fourth-order valence-corrected chi connectivity index (χ4v) is 5.04. The Bertz CT molecular complexity index is 1100. The number of halogens is 2. The maximum atomic E-state index is 14.5. The highest BCUT2D eigenvalue weighted by molar-refractivity contribution is 7.92. The summed E-state index contributed by atoms with van der Waals surface area (Å²) < 4.78 is 47.9. The van der Waals surface area contributed by atoms with Crippen molar-refractivity contribution in [2.24, 2.45) is 0 Å². The number of benzene rings is 3. The third-order valence-electron chi connectivity index (χ3n) is 4.67. The number of methoxy groups -OCH3 is 1. The third kappa shape index (κ3) is 4.38. The average molecular weight is 434 g/mol. The van der Waals surface area contributed by atoms with Crippen molar-refractivity contribution in [2.75, 3.05) is 11.4 Å². The van der Waals surface area contributed by atoms with Gasteiger partial charge < -0.3 is 4.74 Å². The first-order valence-electron chi connectivity index (χ1n) is 8.94. The van der Waals surface area contributed by atoms with Crippen LogP contribution in [0, 0.1) is 12.7 Å². The Morgan fingerprint density at radius 3 is 2.21 bits per heavy atom. The smallest absolute Gasteiger partial charge is 0.267 e. The average Bonchev–Trinajstić information content (AvgIpc) is 2.70. The Kier molecular flexibility index (Phi) is 6.15. The molecule has 29 heavy (non-hydrogen) atoms. The normalized spacial score (nSPS) is 12.4. The van der Waals surface area contributed by atoms with E-state index in [9.17, 15) is 12.8 Å². The lowest BCUT2D eigenvalue weighted by Crippen LogP contribution is -2.34. The van der Waals surface area contributed by atoms with Crippen LogP contribution in [0.25, 0.3) is 0 Å². The molecule has 0 saturated carbocycles. The third-order valence-corrected chi connectivity index (χ3v) is 6.82. The van der Waals surface area contributed by atoms with Crippen molar-refractivity contribution in [3.63, 3.8) is 0 Å². The van der Waals surface area contributed by atoms with E-state index >= 15 is 0 Å². The molecular formula is C22H21ClFNO3S. The second-order valence-corrected chi connectivity index (χ2v) is 8.88. The molecule has 3 aromatic carbocycles. The number of sulfonamides is 1. The lowest BCUT2D eigenvalue weighted by atomic mass is 10.1. The van der Waals surface area contributed by atoms with E-state index in [0.717, 1.165) is 23.3 Å².